The van der Waals surface area contributed by atoms with Crippen LogP contribution < -0.4 is 4.90 Å². The lowest BCUT2D eigenvalue weighted by molar-refractivity contribution is 0.0917. The zero-order valence-corrected chi connectivity index (χ0v) is 21.9. The first-order valence-corrected chi connectivity index (χ1v) is 14.7. The van der Waals surface area contributed by atoms with E-state index in [1.54, 1.807) is 17.0 Å². The van der Waals surface area contributed by atoms with E-state index >= 15 is 0 Å². The highest BCUT2D eigenvalue weighted by Gasteiger charge is 2.30. The second-order valence-corrected chi connectivity index (χ2v) is 12.3. The summed E-state index contributed by atoms with van der Waals surface area (Å²) in [4.78, 5) is 20.3. The van der Waals surface area contributed by atoms with E-state index in [-0.39, 0.29) is 16.9 Å². The molecule has 0 saturated carbocycles. The maximum absolute atomic E-state index is 13.7. The van der Waals surface area contributed by atoms with E-state index in [1.165, 1.54) is 33.3 Å². The predicted octanol–water partition coefficient (Wildman–Crippen LogP) is 4.87. The first-order valence-electron chi connectivity index (χ1n) is 12.4. The molecular formula is C28H27N3O4S2. The molecule has 3 aromatic carbocycles. The molecule has 0 N–H and O–H groups in total. The van der Waals surface area contributed by atoms with Crippen molar-refractivity contribution in [3.05, 3.63) is 89.5 Å². The largest absolute Gasteiger partial charge is 0.376 e. The van der Waals surface area contributed by atoms with Crippen molar-refractivity contribution in [1.82, 2.24) is 9.29 Å². The van der Waals surface area contributed by atoms with E-state index in [9.17, 15) is 13.2 Å². The van der Waals surface area contributed by atoms with Crippen LogP contribution in [0.5, 0.6) is 0 Å². The van der Waals surface area contributed by atoms with Gasteiger partial charge in [-0.05, 0) is 66.8 Å². The van der Waals surface area contributed by atoms with Crippen molar-refractivity contribution in [2.75, 3.05) is 24.6 Å². The van der Waals surface area contributed by atoms with Gasteiger partial charge in [0.15, 0.2) is 5.13 Å². The molecule has 0 aliphatic carbocycles. The van der Waals surface area contributed by atoms with Crippen LogP contribution in [0.1, 0.15) is 34.3 Å². The lowest BCUT2D eigenvalue weighted by Gasteiger charge is -2.28. The zero-order chi connectivity index (χ0) is 25.4. The van der Waals surface area contributed by atoms with Crippen LogP contribution >= 0.6 is 11.3 Å². The Hall–Kier alpha value is -3.11. The second-order valence-electron chi connectivity index (χ2n) is 9.40. The van der Waals surface area contributed by atoms with Gasteiger partial charge in [-0.2, -0.15) is 4.31 Å². The van der Waals surface area contributed by atoms with Crippen LogP contribution in [0.25, 0.3) is 10.2 Å². The standard InChI is InChI=1S/C28H27N3O4S2/c32-27(31(19-23-8-5-17-35-23)28-29-25-9-3-4-10-26(25)36-28)21-11-13-24(14-12-21)37(33,34)30-16-15-20-6-1-2-7-22(20)18-30/h1-4,6-7,9-14,23H,5,8,15-19H2. The molecule has 1 aromatic heterocycles. The number of carbonyl (C=O) groups excluding carboxylic acids is 1. The number of sulfonamides is 1. The molecule has 1 amide bonds. The van der Waals surface area contributed by atoms with Crippen LogP contribution in [0.3, 0.4) is 0 Å². The number of amides is 1. The Morgan fingerprint density at radius 1 is 1.03 bits per heavy atom. The van der Waals surface area contributed by atoms with Crippen molar-refractivity contribution in [2.45, 2.75) is 36.8 Å². The van der Waals surface area contributed by atoms with Gasteiger partial charge in [0.05, 0.1) is 27.8 Å². The minimum absolute atomic E-state index is 0.0439. The summed E-state index contributed by atoms with van der Waals surface area (Å²) in [5, 5.41) is 0.616. The zero-order valence-electron chi connectivity index (χ0n) is 20.2. The topological polar surface area (TPSA) is 79.8 Å². The first-order chi connectivity index (χ1) is 18.0. The molecule has 2 aliphatic rings. The molecule has 4 aromatic rings. The van der Waals surface area contributed by atoms with Crippen molar-refractivity contribution < 1.29 is 17.9 Å². The van der Waals surface area contributed by atoms with Crippen molar-refractivity contribution in [3.63, 3.8) is 0 Å². The summed E-state index contributed by atoms with van der Waals surface area (Å²) in [5.74, 6) is -0.217. The van der Waals surface area contributed by atoms with Gasteiger partial charge in [-0.15, -0.1) is 0 Å². The third-order valence-corrected chi connectivity index (χ3v) is 9.92. The number of rotatable bonds is 6. The van der Waals surface area contributed by atoms with E-state index in [0.29, 0.717) is 43.4 Å². The maximum Gasteiger partial charge on any atom is 0.260 e. The number of para-hydroxylation sites is 1. The summed E-state index contributed by atoms with van der Waals surface area (Å²) in [6.45, 7) is 1.89. The summed E-state index contributed by atoms with van der Waals surface area (Å²) < 4.78 is 35.1. The summed E-state index contributed by atoms with van der Waals surface area (Å²) in [6, 6.07) is 22.0. The molecule has 1 saturated heterocycles. The molecule has 1 unspecified atom stereocenters. The number of thiazole rings is 1. The lowest BCUT2D eigenvalue weighted by Crippen LogP contribution is -2.37. The van der Waals surface area contributed by atoms with Crippen LogP contribution in [0.2, 0.25) is 0 Å². The number of benzene rings is 3. The van der Waals surface area contributed by atoms with Crippen molar-refractivity contribution in [2.24, 2.45) is 0 Å². The van der Waals surface area contributed by atoms with Gasteiger partial charge in [0.25, 0.3) is 5.91 Å². The molecule has 1 fully saturated rings. The van der Waals surface area contributed by atoms with Gasteiger partial charge >= 0.3 is 0 Å². The fourth-order valence-electron chi connectivity index (χ4n) is 4.96. The number of hydrogen-bond acceptors (Lipinski definition) is 6. The Kier molecular flexibility index (Phi) is 6.54. The first kappa shape index (κ1) is 24.2. The molecule has 37 heavy (non-hydrogen) atoms. The number of carbonyl (C=O) groups is 1. The van der Waals surface area contributed by atoms with Gasteiger partial charge in [0, 0.05) is 25.3 Å². The molecule has 190 valence electrons. The fourth-order valence-corrected chi connectivity index (χ4v) is 7.36. The van der Waals surface area contributed by atoms with E-state index in [2.05, 4.69) is 0 Å². The van der Waals surface area contributed by atoms with E-state index in [1.807, 2.05) is 48.5 Å². The Morgan fingerprint density at radius 2 is 1.78 bits per heavy atom. The smallest absolute Gasteiger partial charge is 0.260 e. The van der Waals surface area contributed by atoms with Crippen molar-refractivity contribution in [3.8, 4) is 0 Å². The normalized spacial score (nSPS) is 18.1. The van der Waals surface area contributed by atoms with Gasteiger partial charge in [-0.3, -0.25) is 9.69 Å². The van der Waals surface area contributed by atoms with Gasteiger partial charge in [-0.25, -0.2) is 13.4 Å². The molecule has 9 heteroatoms. The van der Waals surface area contributed by atoms with E-state index in [0.717, 1.165) is 28.6 Å². The Labute approximate surface area is 220 Å². The molecule has 2 aliphatic heterocycles. The SMILES string of the molecule is O=C(c1ccc(S(=O)(=O)N2CCc3ccccc3C2)cc1)N(CC1CCCO1)c1nc2ccccc2s1. The van der Waals surface area contributed by atoms with Crippen LogP contribution in [0.4, 0.5) is 5.13 Å². The number of fused-ring (bicyclic) bond motifs is 2. The number of ether oxygens (including phenoxy) is 1. The molecule has 0 radical (unpaired) electrons. The highest BCUT2D eigenvalue weighted by molar-refractivity contribution is 7.89. The maximum atomic E-state index is 13.7. The average molecular weight is 534 g/mol. The number of hydrogen-bond donors (Lipinski definition) is 0. The van der Waals surface area contributed by atoms with E-state index in [4.69, 9.17) is 9.72 Å². The van der Waals surface area contributed by atoms with E-state index < -0.39 is 10.0 Å². The van der Waals surface area contributed by atoms with Crippen LogP contribution in [-0.4, -0.2) is 49.4 Å². The Bertz CT molecular complexity index is 1510. The Balaban J connectivity index is 1.26. The second kappa shape index (κ2) is 9.98. The number of anilines is 1. The quantitative estimate of drug-likeness (QED) is 0.353. The average Bonchev–Trinajstić information content (AvgIpc) is 3.61. The third kappa shape index (κ3) is 4.80. The van der Waals surface area contributed by atoms with Crippen molar-refractivity contribution >= 4 is 42.6 Å². The van der Waals surface area contributed by atoms with Crippen LogP contribution in [0, 0.1) is 0 Å². The fraction of sp³-hybridized carbons (Fsp3) is 0.286. The molecular weight excluding hydrogens is 506 g/mol. The van der Waals surface area contributed by atoms with Gasteiger partial charge in [-0.1, -0.05) is 47.7 Å². The summed E-state index contributed by atoms with van der Waals surface area (Å²) in [5.41, 5.74) is 3.48. The Morgan fingerprint density at radius 3 is 2.54 bits per heavy atom. The predicted molar refractivity (Wildman–Crippen MR) is 144 cm³/mol. The van der Waals surface area contributed by atoms with Crippen molar-refractivity contribution in [1.29, 1.82) is 0 Å². The lowest BCUT2D eigenvalue weighted by atomic mass is 10.0. The highest BCUT2D eigenvalue weighted by atomic mass is 32.2. The molecule has 7 nitrogen and oxygen atoms in total. The minimum atomic E-state index is -3.68. The monoisotopic (exact) mass is 533 g/mol. The summed E-state index contributed by atoms with van der Waals surface area (Å²) in [7, 11) is -3.68. The third-order valence-electron chi connectivity index (χ3n) is 7.00. The number of aromatic nitrogens is 1. The van der Waals surface area contributed by atoms with Gasteiger partial charge < -0.3 is 4.74 Å². The molecule has 1 atom stereocenters. The minimum Gasteiger partial charge on any atom is -0.376 e. The summed E-state index contributed by atoms with van der Waals surface area (Å²) >= 11 is 1.47. The number of nitrogens with zero attached hydrogens (tertiary/aromatic N) is 3. The molecule has 0 spiro atoms. The summed E-state index contributed by atoms with van der Waals surface area (Å²) in [6.07, 6.45) is 2.51. The highest BCUT2D eigenvalue weighted by Crippen LogP contribution is 2.31. The molecule has 0 bridgehead atoms. The molecule has 3 heterocycles. The van der Waals surface area contributed by atoms with Gasteiger partial charge in [0.1, 0.15) is 0 Å². The van der Waals surface area contributed by atoms with Gasteiger partial charge in [0.2, 0.25) is 10.0 Å². The van der Waals surface area contributed by atoms with Crippen LogP contribution in [0.15, 0.2) is 77.7 Å². The molecule has 6 rings (SSSR count). The van der Waals surface area contributed by atoms with Crippen LogP contribution in [-0.2, 0) is 27.7 Å².